The van der Waals surface area contributed by atoms with Crippen molar-refractivity contribution in [1.29, 1.82) is 0 Å². The van der Waals surface area contributed by atoms with Crippen LogP contribution in [0.5, 0.6) is 0 Å². The van der Waals surface area contributed by atoms with Crippen molar-refractivity contribution in [2.45, 2.75) is 19.3 Å². The molecule has 1 fully saturated rings. The summed E-state index contributed by atoms with van der Waals surface area (Å²) in [6, 6.07) is 0. The highest BCUT2D eigenvalue weighted by Gasteiger charge is 2.15. The van der Waals surface area contributed by atoms with Crippen LogP contribution in [0.3, 0.4) is 0 Å². The predicted octanol–water partition coefficient (Wildman–Crippen LogP) is 0.993. The second kappa shape index (κ2) is 3.28. The Hall–Kier alpha value is -1.19. The van der Waals surface area contributed by atoms with Crippen LogP contribution in [0, 0.1) is 0 Å². The van der Waals surface area contributed by atoms with Crippen molar-refractivity contribution in [1.82, 2.24) is 9.55 Å². The number of nitrogen functional groups attached to an aromatic ring is 1. The van der Waals surface area contributed by atoms with E-state index in [0.29, 0.717) is 5.82 Å². The Balaban J connectivity index is 2.18. The number of aryl methyl sites for hydroxylation is 1. The molecule has 0 aliphatic carbocycles. The van der Waals surface area contributed by atoms with Gasteiger partial charge in [-0.25, -0.2) is 0 Å². The number of rotatable bonds is 1. The van der Waals surface area contributed by atoms with Gasteiger partial charge in [-0.15, -0.1) is 0 Å². The van der Waals surface area contributed by atoms with Crippen molar-refractivity contribution in [3.8, 4) is 0 Å². The van der Waals surface area contributed by atoms with Gasteiger partial charge in [0.2, 0.25) is 5.95 Å². The van der Waals surface area contributed by atoms with Crippen molar-refractivity contribution >= 4 is 11.8 Å². The average molecular weight is 180 g/mol. The minimum atomic E-state index is 0.614. The van der Waals surface area contributed by atoms with Gasteiger partial charge in [0.15, 0.2) is 0 Å². The molecule has 1 aromatic heterocycles. The van der Waals surface area contributed by atoms with Crippen LogP contribution in [0.4, 0.5) is 11.8 Å². The topological polar surface area (TPSA) is 47.1 Å². The Morgan fingerprint density at radius 3 is 2.54 bits per heavy atom. The molecule has 1 aromatic rings. The lowest BCUT2D eigenvalue weighted by Crippen LogP contribution is -2.31. The number of hydrogen-bond acceptors (Lipinski definition) is 3. The van der Waals surface area contributed by atoms with Gasteiger partial charge in [0.05, 0.1) is 0 Å². The number of aromatic nitrogens is 2. The maximum Gasteiger partial charge on any atom is 0.207 e. The third-order valence-corrected chi connectivity index (χ3v) is 2.51. The lowest BCUT2D eigenvalue weighted by molar-refractivity contribution is 0.562. The second-order valence-electron chi connectivity index (χ2n) is 3.62. The smallest absolute Gasteiger partial charge is 0.207 e. The normalized spacial score (nSPS) is 17.8. The zero-order valence-corrected chi connectivity index (χ0v) is 8.03. The van der Waals surface area contributed by atoms with Gasteiger partial charge in [-0.05, 0) is 19.3 Å². The lowest BCUT2D eigenvalue weighted by atomic mass is 10.1. The van der Waals surface area contributed by atoms with Crippen LogP contribution in [-0.4, -0.2) is 22.6 Å². The Bertz CT molecular complexity index is 286. The van der Waals surface area contributed by atoms with Crippen LogP contribution >= 0.6 is 0 Å². The Morgan fingerprint density at radius 1 is 1.31 bits per heavy atom. The van der Waals surface area contributed by atoms with Crippen LogP contribution in [0.15, 0.2) is 6.20 Å². The maximum atomic E-state index is 5.63. The first-order chi connectivity index (χ1) is 6.27. The number of piperidine rings is 1. The molecular formula is C9H16N4. The van der Waals surface area contributed by atoms with E-state index in [1.807, 2.05) is 17.8 Å². The molecule has 2 rings (SSSR count). The third kappa shape index (κ3) is 1.61. The van der Waals surface area contributed by atoms with Crippen LogP contribution < -0.4 is 10.6 Å². The molecule has 1 saturated heterocycles. The fraction of sp³-hybridized carbons (Fsp3) is 0.667. The number of anilines is 2. The quantitative estimate of drug-likeness (QED) is 0.701. The summed E-state index contributed by atoms with van der Waals surface area (Å²) < 4.78 is 2.00. The molecule has 13 heavy (non-hydrogen) atoms. The van der Waals surface area contributed by atoms with E-state index >= 15 is 0 Å². The molecule has 0 radical (unpaired) electrons. The highest BCUT2D eigenvalue weighted by atomic mass is 15.3. The third-order valence-electron chi connectivity index (χ3n) is 2.51. The van der Waals surface area contributed by atoms with Crippen LogP contribution in [0.2, 0.25) is 0 Å². The zero-order chi connectivity index (χ0) is 9.26. The molecular weight excluding hydrogens is 164 g/mol. The Morgan fingerprint density at radius 2 is 2.00 bits per heavy atom. The fourth-order valence-electron chi connectivity index (χ4n) is 1.87. The van der Waals surface area contributed by atoms with Crippen molar-refractivity contribution in [2.75, 3.05) is 23.7 Å². The minimum absolute atomic E-state index is 0.614. The number of nitrogens with two attached hydrogens (primary N) is 1. The summed E-state index contributed by atoms with van der Waals surface area (Å²) in [5.74, 6) is 1.63. The molecule has 0 aromatic carbocycles. The molecule has 1 aliphatic heterocycles. The van der Waals surface area contributed by atoms with E-state index in [1.54, 1.807) is 0 Å². The molecule has 4 nitrogen and oxygen atoms in total. The summed E-state index contributed by atoms with van der Waals surface area (Å²) in [6.45, 7) is 2.23. The molecule has 0 saturated carbocycles. The molecule has 0 unspecified atom stereocenters. The molecule has 2 N–H and O–H groups in total. The maximum absolute atomic E-state index is 5.63. The summed E-state index contributed by atoms with van der Waals surface area (Å²) in [6.07, 6.45) is 5.75. The highest BCUT2D eigenvalue weighted by molar-refractivity contribution is 5.41. The Kier molecular flexibility index (Phi) is 2.12. The average Bonchev–Trinajstić information content (AvgIpc) is 2.47. The van der Waals surface area contributed by atoms with Crippen molar-refractivity contribution in [3.05, 3.63) is 6.20 Å². The minimum Gasteiger partial charge on any atom is -0.382 e. The van der Waals surface area contributed by atoms with Crippen LogP contribution in [0.1, 0.15) is 19.3 Å². The van der Waals surface area contributed by atoms with Gasteiger partial charge in [0.1, 0.15) is 5.82 Å². The van der Waals surface area contributed by atoms with Gasteiger partial charge in [-0.1, -0.05) is 0 Å². The molecule has 0 bridgehead atoms. The van der Waals surface area contributed by atoms with E-state index in [1.165, 1.54) is 19.3 Å². The van der Waals surface area contributed by atoms with E-state index in [0.717, 1.165) is 19.0 Å². The zero-order valence-electron chi connectivity index (χ0n) is 8.03. The number of imidazole rings is 1. The first-order valence-electron chi connectivity index (χ1n) is 4.81. The summed E-state index contributed by atoms with van der Waals surface area (Å²) in [4.78, 5) is 6.61. The van der Waals surface area contributed by atoms with E-state index in [2.05, 4.69) is 9.88 Å². The highest BCUT2D eigenvalue weighted by Crippen LogP contribution is 2.18. The standard InChI is InChI=1S/C9H16N4/c1-12-7-8(10)11-9(12)13-5-3-2-4-6-13/h7H,2-6,10H2,1H3. The van der Waals surface area contributed by atoms with E-state index in [-0.39, 0.29) is 0 Å². The van der Waals surface area contributed by atoms with Crippen LogP contribution in [-0.2, 0) is 7.05 Å². The molecule has 2 heterocycles. The number of nitrogens with zero attached hydrogens (tertiary/aromatic N) is 3. The molecule has 0 amide bonds. The summed E-state index contributed by atoms with van der Waals surface area (Å²) >= 11 is 0. The van der Waals surface area contributed by atoms with Gasteiger partial charge in [-0.2, -0.15) is 4.98 Å². The lowest BCUT2D eigenvalue weighted by Gasteiger charge is -2.27. The van der Waals surface area contributed by atoms with E-state index < -0.39 is 0 Å². The monoisotopic (exact) mass is 180 g/mol. The molecule has 72 valence electrons. The van der Waals surface area contributed by atoms with Crippen LogP contribution in [0.25, 0.3) is 0 Å². The van der Waals surface area contributed by atoms with Gasteiger partial charge in [-0.3, -0.25) is 0 Å². The van der Waals surface area contributed by atoms with Gasteiger partial charge < -0.3 is 15.2 Å². The van der Waals surface area contributed by atoms with Gasteiger partial charge >= 0.3 is 0 Å². The molecule has 0 atom stereocenters. The fourth-order valence-corrected chi connectivity index (χ4v) is 1.87. The largest absolute Gasteiger partial charge is 0.382 e. The van der Waals surface area contributed by atoms with Gasteiger partial charge in [0, 0.05) is 26.3 Å². The van der Waals surface area contributed by atoms with Crippen molar-refractivity contribution in [2.24, 2.45) is 7.05 Å². The first kappa shape index (κ1) is 8.41. The second-order valence-corrected chi connectivity index (χ2v) is 3.62. The molecule has 1 aliphatic rings. The van der Waals surface area contributed by atoms with Crippen molar-refractivity contribution < 1.29 is 0 Å². The first-order valence-corrected chi connectivity index (χ1v) is 4.81. The summed E-state index contributed by atoms with van der Waals surface area (Å²) in [7, 11) is 1.99. The predicted molar refractivity (Wildman–Crippen MR) is 53.7 cm³/mol. The number of hydrogen-bond donors (Lipinski definition) is 1. The van der Waals surface area contributed by atoms with Gasteiger partial charge in [0.25, 0.3) is 0 Å². The van der Waals surface area contributed by atoms with E-state index in [9.17, 15) is 0 Å². The van der Waals surface area contributed by atoms with E-state index in [4.69, 9.17) is 5.73 Å². The molecule has 4 heteroatoms. The van der Waals surface area contributed by atoms with Crippen molar-refractivity contribution in [3.63, 3.8) is 0 Å². The Labute approximate surface area is 78.4 Å². The summed E-state index contributed by atoms with van der Waals surface area (Å²) in [5.41, 5.74) is 5.63. The summed E-state index contributed by atoms with van der Waals surface area (Å²) in [5, 5.41) is 0. The SMILES string of the molecule is Cn1cc(N)nc1N1CCCCC1. The molecule has 0 spiro atoms.